The predicted octanol–water partition coefficient (Wildman–Crippen LogP) is 1.90. The summed E-state index contributed by atoms with van der Waals surface area (Å²) >= 11 is 0. The van der Waals surface area contributed by atoms with Crippen molar-refractivity contribution >= 4 is 22.6 Å². The lowest BCUT2D eigenvalue weighted by Gasteiger charge is -2.43. The van der Waals surface area contributed by atoms with Gasteiger partial charge in [0.15, 0.2) is 0 Å². The first kappa shape index (κ1) is 15.8. The van der Waals surface area contributed by atoms with Crippen LogP contribution >= 0.6 is 0 Å². The SMILES string of the molecule is O=C(O)c1cn(C2CC2)c2c3c(c(F)cc2c1=O)N1CCNCC1CC3. The van der Waals surface area contributed by atoms with Crippen LogP contribution in [0.4, 0.5) is 10.1 Å². The van der Waals surface area contributed by atoms with Crippen LogP contribution in [0.25, 0.3) is 10.9 Å². The fourth-order valence-corrected chi connectivity index (χ4v) is 4.52. The normalized spacial score (nSPS) is 22.2. The van der Waals surface area contributed by atoms with E-state index >= 15 is 4.39 Å². The van der Waals surface area contributed by atoms with Gasteiger partial charge in [0, 0.05) is 48.9 Å². The van der Waals surface area contributed by atoms with Crippen molar-refractivity contribution in [1.29, 1.82) is 0 Å². The number of fused-ring (bicyclic) bond motifs is 5. The second-order valence-corrected chi connectivity index (χ2v) is 7.49. The number of pyridine rings is 1. The summed E-state index contributed by atoms with van der Waals surface area (Å²) in [7, 11) is 0. The number of carboxylic acids is 1. The summed E-state index contributed by atoms with van der Waals surface area (Å²) < 4.78 is 17.0. The molecule has 26 heavy (non-hydrogen) atoms. The van der Waals surface area contributed by atoms with Crippen LogP contribution in [0.5, 0.6) is 0 Å². The van der Waals surface area contributed by atoms with Gasteiger partial charge in [0.2, 0.25) is 5.43 Å². The van der Waals surface area contributed by atoms with E-state index in [4.69, 9.17) is 0 Å². The minimum atomic E-state index is -1.26. The Hall–Kier alpha value is -2.41. The van der Waals surface area contributed by atoms with Crippen molar-refractivity contribution in [2.45, 2.75) is 37.8 Å². The molecule has 1 aromatic carbocycles. The summed E-state index contributed by atoms with van der Waals surface area (Å²) in [5, 5.41) is 12.9. The van der Waals surface area contributed by atoms with Gasteiger partial charge in [0.05, 0.1) is 11.2 Å². The van der Waals surface area contributed by atoms with E-state index in [9.17, 15) is 14.7 Å². The highest BCUT2D eigenvalue weighted by molar-refractivity contribution is 5.95. The fourth-order valence-electron chi connectivity index (χ4n) is 4.52. The van der Waals surface area contributed by atoms with Crippen LogP contribution in [-0.2, 0) is 6.42 Å². The van der Waals surface area contributed by atoms with E-state index in [1.807, 2.05) is 4.57 Å². The molecule has 136 valence electrons. The van der Waals surface area contributed by atoms with Crippen molar-refractivity contribution in [2.75, 3.05) is 24.5 Å². The number of nitrogens with zero attached hydrogens (tertiary/aromatic N) is 2. The van der Waals surface area contributed by atoms with Crippen LogP contribution in [0.1, 0.15) is 41.2 Å². The number of nitrogens with one attached hydrogen (secondary N) is 1. The fraction of sp³-hybridized carbons (Fsp3) is 0.474. The average Bonchev–Trinajstić information content (AvgIpc) is 3.47. The van der Waals surface area contributed by atoms with Gasteiger partial charge in [-0.15, -0.1) is 0 Å². The molecule has 1 atom stereocenters. The van der Waals surface area contributed by atoms with Gasteiger partial charge in [-0.25, -0.2) is 9.18 Å². The lowest BCUT2D eigenvalue weighted by Crippen LogP contribution is -2.53. The molecule has 0 radical (unpaired) electrons. The topological polar surface area (TPSA) is 74.6 Å². The highest BCUT2D eigenvalue weighted by atomic mass is 19.1. The summed E-state index contributed by atoms with van der Waals surface area (Å²) in [5.74, 6) is -1.67. The van der Waals surface area contributed by atoms with Crippen molar-refractivity contribution in [3.05, 3.63) is 39.4 Å². The summed E-state index contributed by atoms with van der Waals surface area (Å²) in [6.45, 7) is 2.38. The third-order valence-electron chi connectivity index (χ3n) is 5.88. The average molecular weight is 357 g/mol. The van der Waals surface area contributed by atoms with Gasteiger partial charge in [0.25, 0.3) is 0 Å². The third-order valence-corrected chi connectivity index (χ3v) is 5.88. The smallest absolute Gasteiger partial charge is 0.341 e. The zero-order valence-corrected chi connectivity index (χ0v) is 14.3. The first-order valence-corrected chi connectivity index (χ1v) is 9.17. The summed E-state index contributed by atoms with van der Waals surface area (Å²) in [6.07, 6.45) is 4.98. The van der Waals surface area contributed by atoms with Crippen molar-refractivity contribution in [3.8, 4) is 0 Å². The molecule has 3 aliphatic rings. The number of aromatic nitrogens is 1. The zero-order chi connectivity index (χ0) is 18.0. The second kappa shape index (κ2) is 5.54. The van der Waals surface area contributed by atoms with Crippen LogP contribution in [0.15, 0.2) is 17.1 Å². The molecule has 2 fully saturated rings. The van der Waals surface area contributed by atoms with Gasteiger partial charge >= 0.3 is 5.97 Å². The Bertz CT molecular complexity index is 996. The maximum atomic E-state index is 15.1. The monoisotopic (exact) mass is 357 g/mol. The van der Waals surface area contributed by atoms with Crippen LogP contribution in [0.2, 0.25) is 0 Å². The lowest BCUT2D eigenvalue weighted by molar-refractivity contribution is 0.0695. The Morgan fingerprint density at radius 1 is 1.27 bits per heavy atom. The maximum Gasteiger partial charge on any atom is 0.341 e. The molecule has 2 N–H and O–H groups in total. The predicted molar refractivity (Wildman–Crippen MR) is 95.7 cm³/mol. The first-order chi connectivity index (χ1) is 12.6. The number of benzene rings is 1. The molecule has 1 aromatic heterocycles. The molecule has 7 heteroatoms. The van der Waals surface area contributed by atoms with Gasteiger partial charge in [-0.3, -0.25) is 4.79 Å². The van der Waals surface area contributed by atoms with Crippen molar-refractivity contribution < 1.29 is 14.3 Å². The number of carboxylic acid groups (broad SMARTS) is 1. The minimum Gasteiger partial charge on any atom is -0.477 e. The van der Waals surface area contributed by atoms with Gasteiger partial charge < -0.3 is 19.9 Å². The third kappa shape index (κ3) is 2.19. The molecule has 1 saturated heterocycles. The van der Waals surface area contributed by atoms with E-state index in [0.717, 1.165) is 50.0 Å². The van der Waals surface area contributed by atoms with Gasteiger partial charge in [-0.1, -0.05) is 0 Å². The Morgan fingerprint density at radius 2 is 2.08 bits per heavy atom. The molecule has 1 saturated carbocycles. The van der Waals surface area contributed by atoms with Crippen molar-refractivity contribution in [3.63, 3.8) is 0 Å². The van der Waals surface area contributed by atoms with Crippen molar-refractivity contribution in [2.24, 2.45) is 0 Å². The molecule has 3 heterocycles. The Morgan fingerprint density at radius 3 is 2.81 bits per heavy atom. The lowest BCUT2D eigenvalue weighted by atomic mass is 9.91. The molecular formula is C19H20FN3O3. The molecule has 0 spiro atoms. The van der Waals surface area contributed by atoms with Gasteiger partial charge in [-0.2, -0.15) is 0 Å². The molecule has 6 nitrogen and oxygen atoms in total. The maximum absolute atomic E-state index is 15.1. The number of piperazine rings is 1. The number of halogens is 1. The van der Waals surface area contributed by atoms with E-state index < -0.39 is 17.2 Å². The van der Waals surface area contributed by atoms with E-state index in [-0.39, 0.29) is 23.0 Å². The standard InChI is InChI=1S/C19H20FN3O3/c20-15-7-13-16(12-4-3-11-8-21-5-6-22(11)17(12)15)23(10-1-2-10)9-14(18(13)24)19(25)26/h7,9-11,21H,1-6,8H2,(H,25,26). The van der Waals surface area contributed by atoms with Crippen LogP contribution in [0, 0.1) is 5.82 Å². The molecular weight excluding hydrogens is 337 g/mol. The highest BCUT2D eigenvalue weighted by Crippen LogP contribution is 2.42. The van der Waals surface area contributed by atoms with Crippen LogP contribution < -0.4 is 15.6 Å². The molecule has 2 aliphatic heterocycles. The number of anilines is 1. The molecule has 0 bridgehead atoms. The van der Waals surface area contributed by atoms with E-state index in [1.165, 1.54) is 12.3 Å². The van der Waals surface area contributed by atoms with E-state index in [2.05, 4.69) is 10.2 Å². The van der Waals surface area contributed by atoms with Gasteiger partial charge in [0.1, 0.15) is 11.4 Å². The molecule has 5 rings (SSSR count). The molecule has 1 aliphatic carbocycles. The number of aryl methyl sites for hydroxylation is 1. The molecule has 2 aromatic rings. The highest BCUT2D eigenvalue weighted by Gasteiger charge is 2.35. The summed E-state index contributed by atoms with van der Waals surface area (Å²) in [6, 6.07) is 1.72. The van der Waals surface area contributed by atoms with Crippen molar-refractivity contribution in [1.82, 2.24) is 9.88 Å². The Kier molecular flexibility index (Phi) is 3.37. The summed E-state index contributed by atoms with van der Waals surface area (Å²) in [4.78, 5) is 26.3. The number of hydrogen-bond acceptors (Lipinski definition) is 4. The quantitative estimate of drug-likeness (QED) is 0.859. The van der Waals surface area contributed by atoms with E-state index in [1.54, 1.807) is 0 Å². The number of aromatic carboxylic acids is 1. The molecule has 0 amide bonds. The summed E-state index contributed by atoms with van der Waals surface area (Å²) in [5.41, 5.74) is 1.33. The first-order valence-electron chi connectivity index (χ1n) is 9.17. The molecule has 1 unspecified atom stereocenters. The second-order valence-electron chi connectivity index (χ2n) is 7.49. The number of hydrogen-bond donors (Lipinski definition) is 2. The van der Waals surface area contributed by atoms with Crippen LogP contribution in [-0.4, -0.2) is 41.3 Å². The number of rotatable bonds is 2. The zero-order valence-electron chi connectivity index (χ0n) is 14.3. The largest absolute Gasteiger partial charge is 0.477 e. The van der Waals surface area contributed by atoms with Crippen LogP contribution in [0.3, 0.4) is 0 Å². The van der Waals surface area contributed by atoms with Gasteiger partial charge in [-0.05, 0) is 31.7 Å². The Labute approximate surface area is 149 Å². The number of carbonyl (C=O) groups is 1. The minimum absolute atomic E-state index is 0.196. The Balaban J connectivity index is 1.84. The van der Waals surface area contributed by atoms with E-state index in [0.29, 0.717) is 12.1 Å².